The van der Waals surface area contributed by atoms with Gasteiger partial charge in [-0.15, -0.1) is 0 Å². The van der Waals surface area contributed by atoms with Crippen LogP contribution in [0.5, 0.6) is 5.75 Å². The Morgan fingerprint density at radius 1 is 1.21 bits per heavy atom. The molecule has 0 amide bonds. The molecule has 1 N–H and O–H groups in total. The van der Waals surface area contributed by atoms with Gasteiger partial charge in [0.15, 0.2) is 0 Å². The fourth-order valence-corrected chi connectivity index (χ4v) is 1.72. The van der Waals surface area contributed by atoms with Crippen LogP contribution in [0.1, 0.15) is 5.56 Å². The molecule has 0 unspecified atom stereocenters. The third-order valence-corrected chi connectivity index (χ3v) is 2.76. The van der Waals surface area contributed by atoms with Gasteiger partial charge in [0.05, 0.1) is 7.11 Å². The summed E-state index contributed by atoms with van der Waals surface area (Å²) in [5, 5.41) is 3.27. The molecule has 2 rings (SSSR count). The molecule has 0 atom stereocenters. The lowest BCUT2D eigenvalue weighted by Crippen LogP contribution is -2.12. The van der Waals surface area contributed by atoms with Crippen LogP contribution in [0.3, 0.4) is 0 Å². The van der Waals surface area contributed by atoms with Crippen LogP contribution in [0.4, 0.5) is 11.6 Å². The number of rotatable bonds is 5. The maximum atomic E-state index is 5.31. The first-order valence-corrected chi connectivity index (χ1v) is 6.06. The van der Waals surface area contributed by atoms with Crippen molar-refractivity contribution in [2.45, 2.75) is 6.54 Å². The Morgan fingerprint density at radius 3 is 2.74 bits per heavy atom. The lowest BCUT2D eigenvalue weighted by atomic mass is 10.2. The second-order valence-corrected chi connectivity index (χ2v) is 4.32. The third-order valence-electron chi connectivity index (χ3n) is 2.76. The van der Waals surface area contributed by atoms with E-state index in [4.69, 9.17) is 4.74 Å². The monoisotopic (exact) mass is 258 g/mol. The second kappa shape index (κ2) is 6.04. The molecule has 5 nitrogen and oxygen atoms in total. The Balaban J connectivity index is 2.08. The van der Waals surface area contributed by atoms with E-state index < -0.39 is 0 Å². The molecule has 0 fully saturated rings. The van der Waals surface area contributed by atoms with Crippen LogP contribution >= 0.6 is 0 Å². The van der Waals surface area contributed by atoms with E-state index in [2.05, 4.69) is 15.3 Å². The Kier molecular flexibility index (Phi) is 4.18. The molecule has 1 aromatic carbocycles. The quantitative estimate of drug-likeness (QED) is 0.890. The number of anilines is 2. The summed E-state index contributed by atoms with van der Waals surface area (Å²) in [5.41, 5.74) is 1.09. The highest BCUT2D eigenvalue weighted by atomic mass is 16.5. The normalized spacial score (nSPS) is 10.1. The zero-order chi connectivity index (χ0) is 13.7. The Hall–Kier alpha value is -2.30. The molecule has 0 aliphatic rings. The third kappa shape index (κ3) is 3.34. The molecule has 0 aliphatic heterocycles. The highest BCUT2D eigenvalue weighted by Gasteiger charge is 2.03. The van der Waals surface area contributed by atoms with Gasteiger partial charge in [-0.25, -0.2) is 9.97 Å². The number of hydrogen-bond donors (Lipinski definition) is 1. The first-order valence-electron chi connectivity index (χ1n) is 6.06. The SMILES string of the molecule is COc1ccccc1CNc1cc(N(C)C)ncn1. The van der Waals surface area contributed by atoms with Gasteiger partial charge in [-0.3, -0.25) is 0 Å². The molecule has 0 radical (unpaired) electrons. The molecule has 5 heteroatoms. The highest BCUT2D eigenvalue weighted by Crippen LogP contribution is 2.19. The standard InChI is InChI=1S/C14H18N4O/c1-18(2)14-8-13(16-10-17-14)15-9-11-6-4-5-7-12(11)19-3/h4-8,10H,9H2,1-3H3,(H,15,16,17). The van der Waals surface area contributed by atoms with E-state index in [-0.39, 0.29) is 0 Å². The summed E-state index contributed by atoms with van der Waals surface area (Å²) in [4.78, 5) is 10.3. The van der Waals surface area contributed by atoms with E-state index >= 15 is 0 Å². The van der Waals surface area contributed by atoms with Gasteiger partial charge in [-0.1, -0.05) is 18.2 Å². The number of ether oxygens (including phenoxy) is 1. The van der Waals surface area contributed by atoms with Crippen molar-refractivity contribution in [1.82, 2.24) is 9.97 Å². The summed E-state index contributed by atoms with van der Waals surface area (Å²) in [6.07, 6.45) is 1.56. The molecule has 1 aromatic heterocycles. The number of para-hydroxylation sites is 1. The van der Waals surface area contributed by atoms with Crippen LogP contribution < -0.4 is 15.0 Å². The smallest absolute Gasteiger partial charge is 0.133 e. The number of methoxy groups -OCH3 is 1. The zero-order valence-corrected chi connectivity index (χ0v) is 11.4. The summed E-state index contributed by atoms with van der Waals surface area (Å²) in [7, 11) is 5.58. The van der Waals surface area contributed by atoms with Gasteiger partial charge in [-0.05, 0) is 6.07 Å². The molecular formula is C14H18N4O. The topological polar surface area (TPSA) is 50.3 Å². The molecule has 0 aliphatic carbocycles. The average molecular weight is 258 g/mol. The van der Waals surface area contributed by atoms with Crippen LogP contribution in [-0.2, 0) is 6.54 Å². The van der Waals surface area contributed by atoms with E-state index in [1.807, 2.05) is 49.3 Å². The van der Waals surface area contributed by atoms with Crippen molar-refractivity contribution in [2.75, 3.05) is 31.4 Å². The largest absolute Gasteiger partial charge is 0.496 e. The summed E-state index contributed by atoms with van der Waals surface area (Å²) in [6, 6.07) is 9.83. The van der Waals surface area contributed by atoms with E-state index in [9.17, 15) is 0 Å². The number of nitrogens with zero attached hydrogens (tertiary/aromatic N) is 3. The minimum absolute atomic E-state index is 0.661. The maximum absolute atomic E-state index is 5.31. The molecule has 0 saturated carbocycles. The van der Waals surface area contributed by atoms with E-state index in [1.54, 1.807) is 13.4 Å². The van der Waals surface area contributed by atoms with Crippen LogP contribution in [0.25, 0.3) is 0 Å². The molecule has 2 aromatic rings. The number of nitrogens with one attached hydrogen (secondary N) is 1. The van der Waals surface area contributed by atoms with Crippen molar-refractivity contribution in [2.24, 2.45) is 0 Å². The predicted molar refractivity (Wildman–Crippen MR) is 76.7 cm³/mol. The van der Waals surface area contributed by atoms with Crippen LogP contribution in [0, 0.1) is 0 Å². The molecule has 19 heavy (non-hydrogen) atoms. The van der Waals surface area contributed by atoms with Gasteiger partial charge < -0.3 is 15.0 Å². The van der Waals surface area contributed by atoms with Crippen molar-refractivity contribution in [3.63, 3.8) is 0 Å². The lowest BCUT2D eigenvalue weighted by Gasteiger charge is -2.13. The van der Waals surface area contributed by atoms with Gasteiger partial charge >= 0.3 is 0 Å². The fourth-order valence-electron chi connectivity index (χ4n) is 1.72. The maximum Gasteiger partial charge on any atom is 0.133 e. The minimum atomic E-state index is 0.661. The van der Waals surface area contributed by atoms with Crippen LogP contribution in [0.15, 0.2) is 36.7 Å². The first-order chi connectivity index (χ1) is 9.20. The van der Waals surface area contributed by atoms with E-state index in [0.717, 1.165) is 22.9 Å². The van der Waals surface area contributed by atoms with Gasteiger partial charge in [0, 0.05) is 32.3 Å². The van der Waals surface area contributed by atoms with Gasteiger partial charge in [0.25, 0.3) is 0 Å². The summed E-state index contributed by atoms with van der Waals surface area (Å²) < 4.78 is 5.31. The summed E-state index contributed by atoms with van der Waals surface area (Å²) in [6.45, 7) is 0.661. The molecule has 0 spiro atoms. The van der Waals surface area contributed by atoms with Crippen molar-refractivity contribution in [3.8, 4) is 5.75 Å². The van der Waals surface area contributed by atoms with E-state index in [0.29, 0.717) is 6.54 Å². The Labute approximate surface area is 113 Å². The molecule has 100 valence electrons. The fraction of sp³-hybridized carbons (Fsp3) is 0.286. The van der Waals surface area contributed by atoms with Crippen molar-refractivity contribution >= 4 is 11.6 Å². The van der Waals surface area contributed by atoms with Crippen molar-refractivity contribution < 1.29 is 4.74 Å². The molecule has 0 bridgehead atoms. The molecular weight excluding hydrogens is 240 g/mol. The Bertz CT molecular complexity index is 542. The van der Waals surface area contributed by atoms with Gasteiger partial charge in [0.2, 0.25) is 0 Å². The van der Waals surface area contributed by atoms with Crippen LogP contribution in [-0.4, -0.2) is 31.2 Å². The zero-order valence-electron chi connectivity index (χ0n) is 11.4. The molecule has 0 saturated heterocycles. The number of aromatic nitrogens is 2. The van der Waals surface area contributed by atoms with Crippen molar-refractivity contribution in [3.05, 3.63) is 42.2 Å². The first kappa shape index (κ1) is 13.1. The van der Waals surface area contributed by atoms with E-state index in [1.165, 1.54) is 0 Å². The highest BCUT2D eigenvalue weighted by molar-refractivity contribution is 5.48. The Morgan fingerprint density at radius 2 is 2.00 bits per heavy atom. The van der Waals surface area contributed by atoms with Crippen molar-refractivity contribution in [1.29, 1.82) is 0 Å². The second-order valence-electron chi connectivity index (χ2n) is 4.32. The average Bonchev–Trinajstić information content (AvgIpc) is 2.45. The number of hydrogen-bond acceptors (Lipinski definition) is 5. The lowest BCUT2D eigenvalue weighted by molar-refractivity contribution is 0.410. The summed E-state index contributed by atoms with van der Waals surface area (Å²) >= 11 is 0. The van der Waals surface area contributed by atoms with Gasteiger partial charge in [-0.2, -0.15) is 0 Å². The van der Waals surface area contributed by atoms with Crippen LogP contribution in [0.2, 0.25) is 0 Å². The van der Waals surface area contributed by atoms with Gasteiger partial charge in [0.1, 0.15) is 23.7 Å². The minimum Gasteiger partial charge on any atom is -0.496 e. The summed E-state index contributed by atoms with van der Waals surface area (Å²) in [5.74, 6) is 2.54. The number of benzene rings is 1. The predicted octanol–water partition coefficient (Wildman–Crippen LogP) is 2.16. The molecule has 1 heterocycles.